The van der Waals surface area contributed by atoms with Gasteiger partial charge in [-0.25, -0.2) is 4.39 Å². The van der Waals surface area contributed by atoms with E-state index in [-0.39, 0.29) is 0 Å². The zero-order chi connectivity index (χ0) is 6.91. The van der Waals surface area contributed by atoms with E-state index in [9.17, 15) is 4.39 Å². The monoisotopic (exact) mass is 131 g/mol. The summed E-state index contributed by atoms with van der Waals surface area (Å²) in [5, 5.41) is 0. The summed E-state index contributed by atoms with van der Waals surface area (Å²) in [4.78, 5) is 0. The molecule has 0 aromatic carbocycles. The number of hydrogen-bond acceptors (Lipinski definition) is 1. The first-order valence-electron chi connectivity index (χ1n) is 3.56. The Balaban J connectivity index is 2.49. The van der Waals surface area contributed by atoms with Gasteiger partial charge in [-0.05, 0) is 19.8 Å². The summed E-state index contributed by atoms with van der Waals surface area (Å²) < 4.78 is 12.8. The van der Waals surface area contributed by atoms with Crippen molar-refractivity contribution in [3.63, 3.8) is 0 Å². The van der Waals surface area contributed by atoms with Crippen LogP contribution in [0, 0.1) is 0 Å². The lowest BCUT2D eigenvalue weighted by Gasteiger charge is -2.32. The molecule has 0 aromatic rings. The summed E-state index contributed by atoms with van der Waals surface area (Å²) >= 11 is 0. The van der Waals surface area contributed by atoms with Crippen molar-refractivity contribution < 1.29 is 4.39 Å². The van der Waals surface area contributed by atoms with E-state index >= 15 is 0 Å². The lowest BCUT2D eigenvalue weighted by molar-refractivity contribution is 0.146. The van der Waals surface area contributed by atoms with Crippen LogP contribution in [-0.4, -0.2) is 11.7 Å². The summed E-state index contributed by atoms with van der Waals surface area (Å²) in [6, 6.07) is 0. The molecule has 1 rings (SSSR count). The summed E-state index contributed by atoms with van der Waals surface area (Å²) in [6.07, 6.45) is 2.83. The van der Waals surface area contributed by atoms with Crippen LogP contribution in [0.4, 0.5) is 4.39 Å². The Bertz CT molecular complexity index is 101. The minimum absolute atomic E-state index is 0.530. The molecule has 0 spiro atoms. The zero-order valence-corrected chi connectivity index (χ0v) is 5.86. The van der Waals surface area contributed by atoms with Gasteiger partial charge in [0, 0.05) is 5.54 Å². The Morgan fingerprint density at radius 3 is 2.56 bits per heavy atom. The third kappa shape index (κ3) is 1.42. The highest BCUT2D eigenvalue weighted by Crippen LogP contribution is 2.27. The van der Waals surface area contributed by atoms with E-state index in [0.29, 0.717) is 6.42 Å². The van der Waals surface area contributed by atoms with Gasteiger partial charge in [-0.1, -0.05) is 12.8 Å². The first-order valence-corrected chi connectivity index (χ1v) is 3.56. The molecule has 0 saturated heterocycles. The molecule has 0 bridgehead atoms. The van der Waals surface area contributed by atoms with Crippen molar-refractivity contribution in [2.45, 2.75) is 44.3 Å². The van der Waals surface area contributed by atoms with Crippen molar-refractivity contribution in [1.29, 1.82) is 0 Å². The van der Waals surface area contributed by atoms with Gasteiger partial charge in [-0.3, -0.25) is 0 Å². The molecule has 2 heteroatoms. The van der Waals surface area contributed by atoms with Crippen LogP contribution < -0.4 is 5.73 Å². The van der Waals surface area contributed by atoms with Crippen molar-refractivity contribution >= 4 is 0 Å². The maximum atomic E-state index is 12.8. The topological polar surface area (TPSA) is 26.0 Å². The number of hydrogen-bond donors (Lipinski definition) is 1. The SMILES string of the molecule is CC1(N)CCCCC1F. The number of nitrogens with two attached hydrogens (primary N) is 1. The standard InChI is InChI=1S/C7H14FN/c1-7(9)5-3-2-4-6(7)8/h6H,2-5,9H2,1H3. The molecule has 1 saturated carbocycles. The van der Waals surface area contributed by atoms with Crippen LogP contribution in [0.1, 0.15) is 32.6 Å². The van der Waals surface area contributed by atoms with E-state index < -0.39 is 11.7 Å². The van der Waals surface area contributed by atoms with Gasteiger partial charge in [-0.2, -0.15) is 0 Å². The second kappa shape index (κ2) is 2.25. The van der Waals surface area contributed by atoms with Gasteiger partial charge in [-0.15, -0.1) is 0 Å². The second-order valence-electron chi connectivity index (χ2n) is 3.22. The van der Waals surface area contributed by atoms with E-state index in [2.05, 4.69) is 0 Å². The molecule has 2 N–H and O–H groups in total. The van der Waals surface area contributed by atoms with E-state index in [0.717, 1.165) is 19.3 Å². The fourth-order valence-corrected chi connectivity index (χ4v) is 1.32. The van der Waals surface area contributed by atoms with E-state index in [1.165, 1.54) is 0 Å². The van der Waals surface area contributed by atoms with Crippen LogP contribution in [0.3, 0.4) is 0 Å². The van der Waals surface area contributed by atoms with Crippen LogP contribution in [0.25, 0.3) is 0 Å². The molecule has 2 unspecified atom stereocenters. The van der Waals surface area contributed by atoms with Crippen LogP contribution in [0.2, 0.25) is 0 Å². The maximum absolute atomic E-state index is 12.8. The molecule has 1 fully saturated rings. The molecule has 1 aliphatic carbocycles. The first kappa shape index (κ1) is 7.00. The first-order chi connectivity index (χ1) is 4.13. The highest BCUT2D eigenvalue weighted by atomic mass is 19.1. The highest BCUT2D eigenvalue weighted by molar-refractivity contribution is 4.90. The molecule has 1 aliphatic rings. The van der Waals surface area contributed by atoms with E-state index in [1.807, 2.05) is 0 Å². The predicted molar refractivity (Wildman–Crippen MR) is 36.0 cm³/mol. The number of rotatable bonds is 0. The summed E-state index contributed by atoms with van der Waals surface area (Å²) in [7, 11) is 0. The Morgan fingerprint density at radius 1 is 1.56 bits per heavy atom. The number of alkyl halides is 1. The molecule has 2 atom stereocenters. The van der Waals surface area contributed by atoms with Crippen LogP contribution in [-0.2, 0) is 0 Å². The van der Waals surface area contributed by atoms with E-state index in [1.54, 1.807) is 6.92 Å². The Labute approximate surface area is 55.4 Å². The van der Waals surface area contributed by atoms with Crippen molar-refractivity contribution in [3.8, 4) is 0 Å². The zero-order valence-electron chi connectivity index (χ0n) is 5.86. The summed E-state index contributed by atoms with van der Waals surface area (Å²) in [5.74, 6) is 0. The average Bonchev–Trinajstić information content (AvgIpc) is 1.77. The second-order valence-corrected chi connectivity index (χ2v) is 3.22. The third-order valence-corrected chi connectivity index (χ3v) is 2.14. The van der Waals surface area contributed by atoms with Gasteiger partial charge in [0.1, 0.15) is 6.17 Å². The normalized spacial score (nSPS) is 45.0. The van der Waals surface area contributed by atoms with Gasteiger partial charge >= 0.3 is 0 Å². The Morgan fingerprint density at radius 2 is 2.22 bits per heavy atom. The summed E-state index contributed by atoms with van der Waals surface area (Å²) in [6.45, 7) is 1.80. The van der Waals surface area contributed by atoms with Crippen LogP contribution in [0.15, 0.2) is 0 Å². The maximum Gasteiger partial charge on any atom is 0.118 e. The third-order valence-electron chi connectivity index (χ3n) is 2.14. The molecule has 0 heterocycles. The molecule has 0 amide bonds. The minimum Gasteiger partial charge on any atom is -0.323 e. The molecule has 1 nitrogen and oxygen atoms in total. The Kier molecular flexibility index (Phi) is 1.75. The van der Waals surface area contributed by atoms with Gasteiger partial charge < -0.3 is 5.73 Å². The average molecular weight is 131 g/mol. The number of halogens is 1. The van der Waals surface area contributed by atoms with Gasteiger partial charge in [0.05, 0.1) is 0 Å². The minimum atomic E-state index is -0.772. The molecule has 0 aliphatic heterocycles. The van der Waals surface area contributed by atoms with Gasteiger partial charge in [0.15, 0.2) is 0 Å². The Hall–Kier alpha value is -0.110. The highest BCUT2D eigenvalue weighted by Gasteiger charge is 2.32. The van der Waals surface area contributed by atoms with Crippen molar-refractivity contribution in [2.75, 3.05) is 0 Å². The van der Waals surface area contributed by atoms with Crippen molar-refractivity contribution in [2.24, 2.45) is 5.73 Å². The molecule has 9 heavy (non-hydrogen) atoms. The van der Waals surface area contributed by atoms with Crippen LogP contribution >= 0.6 is 0 Å². The van der Waals surface area contributed by atoms with Crippen LogP contribution in [0.5, 0.6) is 0 Å². The predicted octanol–water partition coefficient (Wildman–Crippen LogP) is 1.62. The molecule has 0 aromatic heterocycles. The molecule has 54 valence electrons. The quantitative estimate of drug-likeness (QED) is 0.531. The fraction of sp³-hybridized carbons (Fsp3) is 1.00. The lowest BCUT2D eigenvalue weighted by Crippen LogP contribution is -2.47. The molecule has 0 radical (unpaired) electrons. The summed E-state index contributed by atoms with van der Waals surface area (Å²) in [5.41, 5.74) is 5.12. The van der Waals surface area contributed by atoms with Crippen molar-refractivity contribution in [1.82, 2.24) is 0 Å². The van der Waals surface area contributed by atoms with Gasteiger partial charge in [0.2, 0.25) is 0 Å². The molecular weight excluding hydrogens is 117 g/mol. The smallest absolute Gasteiger partial charge is 0.118 e. The fourth-order valence-electron chi connectivity index (χ4n) is 1.32. The van der Waals surface area contributed by atoms with Gasteiger partial charge in [0.25, 0.3) is 0 Å². The van der Waals surface area contributed by atoms with E-state index in [4.69, 9.17) is 5.73 Å². The molecular formula is C7H14FN. The van der Waals surface area contributed by atoms with Crippen molar-refractivity contribution in [3.05, 3.63) is 0 Å². The largest absolute Gasteiger partial charge is 0.323 e. The lowest BCUT2D eigenvalue weighted by atomic mass is 9.83.